The zero-order chi connectivity index (χ0) is 43.8. The average Bonchev–Trinajstić information content (AvgIpc) is 3.73. The highest BCUT2D eigenvalue weighted by molar-refractivity contribution is 6.10. The van der Waals surface area contributed by atoms with Crippen molar-refractivity contribution in [1.82, 2.24) is 4.57 Å². The first-order valence-corrected chi connectivity index (χ1v) is 23.0. The Morgan fingerprint density at radius 1 is 0.333 bits per heavy atom. The Hall–Kier alpha value is -8.46. The minimum atomic E-state index is 0.896. The molecule has 1 heterocycles. The van der Waals surface area contributed by atoms with Crippen molar-refractivity contribution >= 4 is 49.5 Å². The van der Waals surface area contributed by atoms with E-state index in [9.17, 15) is 0 Å². The van der Waals surface area contributed by atoms with Gasteiger partial charge in [0.2, 0.25) is 0 Å². The SMILES string of the molecule is C1=C(c2ccc3c(c2)c2ccccc2n3-c2ccccc2)CCC(N(c2ccc(-c3ccc(-c4ccccc4)cc3)cc2)c2ccccc2-c2ccc(-c3cccc4ccccc34)cc2)=C1. The van der Waals surface area contributed by atoms with Crippen molar-refractivity contribution in [1.29, 1.82) is 0 Å². The van der Waals surface area contributed by atoms with Crippen LogP contribution in [0.4, 0.5) is 11.4 Å². The van der Waals surface area contributed by atoms with Gasteiger partial charge in [0.25, 0.3) is 0 Å². The molecule has 0 unspecified atom stereocenters. The number of nitrogens with zero attached hydrogens (tertiary/aromatic N) is 2. The quantitative estimate of drug-likeness (QED) is 0.141. The van der Waals surface area contributed by atoms with Gasteiger partial charge in [0.15, 0.2) is 0 Å². The van der Waals surface area contributed by atoms with Gasteiger partial charge in [0.05, 0.1) is 16.7 Å². The van der Waals surface area contributed by atoms with Gasteiger partial charge in [-0.15, -0.1) is 0 Å². The number of hydrogen-bond acceptors (Lipinski definition) is 1. The van der Waals surface area contributed by atoms with Crippen molar-refractivity contribution in [2.75, 3.05) is 4.90 Å². The molecule has 0 atom stereocenters. The summed E-state index contributed by atoms with van der Waals surface area (Å²) in [6.07, 6.45) is 6.53. The summed E-state index contributed by atoms with van der Waals surface area (Å²) in [4.78, 5) is 2.49. The third-order valence-electron chi connectivity index (χ3n) is 13.4. The number of hydrogen-bond donors (Lipinski definition) is 0. The molecule has 2 nitrogen and oxygen atoms in total. The van der Waals surface area contributed by atoms with Crippen molar-refractivity contribution in [2.24, 2.45) is 0 Å². The van der Waals surface area contributed by atoms with Gasteiger partial charge < -0.3 is 9.47 Å². The molecule has 0 bridgehead atoms. The minimum Gasteiger partial charge on any atom is -0.314 e. The Bertz CT molecular complexity index is 3590. The van der Waals surface area contributed by atoms with Crippen LogP contribution in [0.25, 0.3) is 88.3 Å². The molecule has 0 aliphatic heterocycles. The van der Waals surface area contributed by atoms with Crippen LogP contribution < -0.4 is 4.90 Å². The first kappa shape index (κ1) is 39.2. The van der Waals surface area contributed by atoms with Crippen LogP contribution in [0, 0.1) is 0 Å². The van der Waals surface area contributed by atoms with Crippen LogP contribution in [0.5, 0.6) is 0 Å². The summed E-state index contributed by atoms with van der Waals surface area (Å²) in [5.74, 6) is 0. The predicted molar refractivity (Wildman–Crippen MR) is 280 cm³/mol. The van der Waals surface area contributed by atoms with E-state index >= 15 is 0 Å². The summed E-state index contributed by atoms with van der Waals surface area (Å²) in [7, 11) is 0. The number of rotatable bonds is 9. The van der Waals surface area contributed by atoms with Crippen LogP contribution in [0.2, 0.25) is 0 Å². The fraction of sp³-hybridized carbons (Fsp3) is 0.0312. The summed E-state index contributed by atoms with van der Waals surface area (Å²) in [5, 5.41) is 5.07. The van der Waals surface area contributed by atoms with Crippen LogP contribution >= 0.6 is 0 Å². The molecule has 11 aromatic rings. The second kappa shape index (κ2) is 16.9. The zero-order valence-electron chi connectivity index (χ0n) is 36.6. The molecular weight excluding hydrogens is 797 g/mol. The van der Waals surface area contributed by atoms with E-state index in [1.165, 1.54) is 99.6 Å². The van der Waals surface area contributed by atoms with Gasteiger partial charge in [0, 0.05) is 33.4 Å². The lowest BCUT2D eigenvalue weighted by molar-refractivity contribution is 0.930. The van der Waals surface area contributed by atoms with Gasteiger partial charge in [-0.1, -0.05) is 200 Å². The topological polar surface area (TPSA) is 8.17 Å². The second-order valence-corrected chi connectivity index (χ2v) is 17.2. The molecular formula is C64H46N2. The van der Waals surface area contributed by atoms with Crippen molar-refractivity contribution in [2.45, 2.75) is 12.8 Å². The lowest BCUT2D eigenvalue weighted by Gasteiger charge is -2.32. The summed E-state index contributed by atoms with van der Waals surface area (Å²) >= 11 is 0. The van der Waals surface area contributed by atoms with Crippen molar-refractivity contribution < 1.29 is 0 Å². The molecule has 10 aromatic carbocycles. The Balaban J connectivity index is 0.927. The van der Waals surface area contributed by atoms with Crippen molar-refractivity contribution in [3.05, 3.63) is 266 Å². The number of benzene rings is 10. The lowest BCUT2D eigenvalue weighted by Crippen LogP contribution is -2.18. The number of anilines is 2. The number of para-hydroxylation sites is 3. The molecule has 0 spiro atoms. The molecule has 0 amide bonds. The lowest BCUT2D eigenvalue weighted by atomic mass is 9.93. The molecule has 66 heavy (non-hydrogen) atoms. The molecule has 0 N–H and O–H groups in total. The second-order valence-electron chi connectivity index (χ2n) is 17.2. The van der Waals surface area contributed by atoms with E-state index in [2.05, 4.69) is 264 Å². The molecule has 0 saturated heterocycles. The Morgan fingerprint density at radius 3 is 1.59 bits per heavy atom. The Morgan fingerprint density at radius 2 is 0.864 bits per heavy atom. The third kappa shape index (κ3) is 7.19. The maximum Gasteiger partial charge on any atom is 0.0541 e. The first-order valence-electron chi connectivity index (χ1n) is 23.0. The smallest absolute Gasteiger partial charge is 0.0541 e. The highest BCUT2D eigenvalue weighted by Crippen LogP contribution is 2.43. The van der Waals surface area contributed by atoms with E-state index in [4.69, 9.17) is 0 Å². The Kier molecular flexibility index (Phi) is 10.0. The van der Waals surface area contributed by atoms with Crippen molar-refractivity contribution in [3.63, 3.8) is 0 Å². The summed E-state index contributed by atoms with van der Waals surface area (Å²) in [6.45, 7) is 0. The fourth-order valence-electron chi connectivity index (χ4n) is 10.0. The van der Waals surface area contributed by atoms with Crippen molar-refractivity contribution in [3.8, 4) is 50.2 Å². The summed E-state index contributed by atoms with van der Waals surface area (Å²) in [6, 6.07) is 88.4. The monoisotopic (exact) mass is 842 g/mol. The largest absolute Gasteiger partial charge is 0.314 e. The predicted octanol–water partition coefficient (Wildman–Crippen LogP) is 17.5. The van der Waals surface area contributed by atoms with Gasteiger partial charge in [-0.25, -0.2) is 0 Å². The minimum absolute atomic E-state index is 0.896. The van der Waals surface area contributed by atoms with Crippen LogP contribution in [0.3, 0.4) is 0 Å². The average molecular weight is 843 g/mol. The number of aromatic nitrogens is 1. The molecule has 12 rings (SSSR count). The number of allylic oxidation sites excluding steroid dienone is 4. The van der Waals surface area contributed by atoms with E-state index in [1.807, 2.05) is 0 Å². The molecule has 0 radical (unpaired) electrons. The molecule has 1 aliphatic carbocycles. The summed E-state index contributed by atoms with van der Waals surface area (Å²) < 4.78 is 2.39. The van der Waals surface area contributed by atoms with Crippen LogP contribution in [-0.2, 0) is 0 Å². The van der Waals surface area contributed by atoms with Crippen LogP contribution in [-0.4, -0.2) is 4.57 Å². The standard InChI is InChI=1S/C64H46N2/c1-3-14-45(15-4-1)46-26-28-47(29-27-46)48-34-39-55(40-35-48)65(62-24-11-9-21-59(62)52-32-30-51(31-33-52)58-23-13-17-50-16-7-8-20-57(50)58)56-41-36-49(37-42-56)53-38-43-64-61(44-53)60-22-10-12-25-63(60)66(64)54-18-5-2-6-19-54/h1-36,38-41,43-44H,37,42H2. The van der Waals surface area contributed by atoms with Gasteiger partial charge in [-0.3, -0.25) is 0 Å². The maximum atomic E-state index is 2.49. The highest BCUT2D eigenvalue weighted by Gasteiger charge is 2.22. The van der Waals surface area contributed by atoms with E-state index in [0.717, 1.165) is 24.2 Å². The van der Waals surface area contributed by atoms with Gasteiger partial charge in [-0.05, 0) is 128 Å². The molecule has 2 heteroatoms. The van der Waals surface area contributed by atoms with Gasteiger partial charge in [0.1, 0.15) is 0 Å². The normalized spacial score (nSPS) is 12.6. The van der Waals surface area contributed by atoms with Gasteiger partial charge in [-0.2, -0.15) is 0 Å². The Labute approximate surface area is 386 Å². The molecule has 1 aliphatic rings. The van der Waals surface area contributed by atoms with E-state index in [1.54, 1.807) is 0 Å². The first-order chi connectivity index (χ1) is 32.7. The summed E-state index contributed by atoms with van der Waals surface area (Å²) in [5.41, 5.74) is 19.5. The fourth-order valence-corrected chi connectivity index (χ4v) is 10.0. The molecule has 1 aromatic heterocycles. The molecule has 0 fully saturated rings. The maximum absolute atomic E-state index is 2.49. The zero-order valence-corrected chi connectivity index (χ0v) is 36.6. The molecule has 312 valence electrons. The van der Waals surface area contributed by atoms with E-state index in [-0.39, 0.29) is 0 Å². The highest BCUT2D eigenvalue weighted by atomic mass is 15.2. The third-order valence-corrected chi connectivity index (χ3v) is 13.4. The van der Waals surface area contributed by atoms with Crippen LogP contribution in [0.15, 0.2) is 261 Å². The van der Waals surface area contributed by atoms with Crippen LogP contribution in [0.1, 0.15) is 18.4 Å². The van der Waals surface area contributed by atoms with E-state index < -0.39 is 0 Å². The van der Waals surface area contributed by atoms with Gasteiger partial charge >= 0.3 is 0 Å². The number of fused-ring (bicyclic) bond motifs is 4. The van der Waals surface area contributed by atoms with E-state index in [0.29, 0.717) is 0 Å². The molecule has 0 saturated carbocycles.